The van der Waals surface area contributed by atoms with Gasteiger partial charge in [-0.15, -0.1) is 0 Å². The first-order valence-electron chi connectivity index (χ1n) is 7.82. The van der Waals surface area contributed by atoms with Crippen LogP contribution in [0.2, 0.25) is 18.1 Å². The van der Waals surface area contributed by atoms with Gasteiger partial charge in [-0.1, -0.05) is 26.8 Å². The Bertz CT molecular complexity index is 588. The smallest absolute Gasteiger partial charge is 0.248 e. The lowest BCUT2D eigenvalue weighted by molar-refractivity contribution is -0.170. The fraction of sp³-hybridized carbons (Fsp3) is 0.588. The summed E-state index contributed by atoms with van der Waals surface area (Å²) in [6.45, 7) is 10.3. The highest BCUT2D eigenvalue weighted by molar-refractivity contribution is 6.74. The van der Waals surface area contributed by atoms with Gasteiger partial charge in [0.25, 0.3) is 0 Å². The van der Waals surface area contributed by atoms with E-state index in [1.165, 1.54) is 20.2 Å². The maximum atomic E-state index is 13.6. The molecule has 1 aromatic rings. The van der Waals surface area contributed by atoms with Gasteiger partial charge in [0, 0.05) is 7.05 Å². The molecule has 24 heavy (non-hydrogen) atoms. The third kappa shape index (κ3) is 5.09. The Labute approximate surface area is 143 Å². The van der Waals surface area contributed by atoms with Crippen molar-refractivity contribution in [3.05, 3.63) is 35.4 Å². The minimum absolute atomic E-state index is 0.0120. The van der Waals surface area contributed by atoms with Crippen LogP contribution >= 0.6 is 0 Å². The molecule has 136 valence electrons. The van der Waals surface area contributed by atoms with Gasteiger partial charge < -0.3 is 4.43 Å². The number of hydrogen-bond acceptors (Lipinski definition) is 3. The van der Waals surface area contributed by atoms with E-state index in [2.05, 4.69) is 20.8 Å². The molecule has 7 heteroatoms. The topological polar surface area (TPSA) is 38.8 Å². The minimum atomic E-state index is -2.22. The maximum absolute atomic E-state index is 13.6. The van der Waals surface area contributed by atoms with Crippen molar-refractivity contribution in [3.63, 3.8) is 0 Å². The van der Waals surface area contributed by atoms with Gasteiger partial charge in [-0.25, -0.2) is 13.8 Å². The molecule has 0 N–H and O–H groups in total. The Balaban J connectivity index is 3.16. The van der Waals surface area contributed by atoms with Crippen molar-refractivity contribution in [2.24, 2.45) is 0 Å². The Morgan fingerprint density at radius 1 is 1.25 bits per heavy atom. The van der Waals surface area contributed by atoms with Crippen LogP contribution in [-0.4, -0.2) is 33.4 Å². The average Bonchev–Trinajstić information content (AvgIpc) is 2.47. The Morgan fingerprint density at radius 2 is 1.83 bits per heavy atom. The van der Waals surface area contributed by atoms with Crippen molar-refractivity contribution < 1.29 is 22.8 Å². The largest absolute Gasteiger partial charge is 0.409 e. The van der Waals surface area contributed by atoms with Crippen LogP contribution in [0.3, 0.4) is 0 Å². The third-order valence-corrected chi connectivity index (χ3v) is 9.03. The second-order valence-electron chi connectivity index (χ2n) is 7.32. The van der Waals surface area contributed by atoms with Crippen LogP contribution in [0.5, 0.6) is 0 Å². The third-order valence-electron chi connectivity index (χ3n) is 4.54. The lowest BCUT2D eigenvalue weighted by Gasteiger charge is -2.39. The van der Waals surface area contributed by atoms with E-state index in [1.807, 2.05) is 13.1 Å². The van der Waals surface area contributed by atoms with Crippen LogP contribution in [0.25, 0.3) is 0 Å². The summed E-state index contributed by atoms with van der Waals surface area (Å²) in [6.07, 6.45) is -0.673. The molecule has 0 aromatic heterocycles. The quantitative estimate of drug-likeness (QED) is 0.557. The number of carbonyl (C=O) groups excluding carboxylic acids is 1. The number of amides is 1. The number of carbonyl (C=O) groups is 1. The van der Waals surface area contributed by atoms with E-state index in [-0.39, 0.29) is 17.4 Å². The highest BCUT2D eigenvalue weighted by Gasteiger charge is 2.40. The summed E-state index contributed by atoms with van der Waals surface area (Å²) in [4.78, 5) is 17.1. The number of hydroxylamine groups is 2. The van der Waals surface area contributed by atoms with Crippen LogP contribution < -0.4 is 0 Å². The van der Waals surface area contributed by atoms with Gasteiger partial charge in [0.15, 0.2) is 20.0 Å². The first-order chi connectivity index (χ1) is 10.9. The molecule has 1 rings (SSSR count). The van der Waals surface area contributed by atoms with E-state index in [1.54, 1.807) is 0 Å². The molecule has 0 saturated heterocycles. The number of rotatable bonds is 6. The van der Waals surface area contributed by atoms with E-state index in [0.29, 0.717) is 5.56 Å². The van der Waals surface area contributed by atoms with Crippen molar-refractivity contribution in [1.82, 2.24) is 5.06 Å². The summed E-state index contributed by atoms with van der Waals surface area (Å²) in [5.41, 5.74) is 0.441. The molecule has 0 aliphatic rings. The molecule has 0 aliphatic heterocycles. The van der Waals surface area contributed by atoms with Crippen LogP contribution in [0, 0.1) is 11.6 Å². The van der Waals surface area contributed by atoms with Crippen molar-refractivity contribution in [3.8, 4) is 0 Å². The van der Waals surface area contributed by atoms with Gasteiger partial charge in [-0.05, 0) is 35.8 Å². The molecular weight excluding hydrogens is 332 g/mol. The van der Waals surface area contributed by atoms with E-state index in [9.17, 15) is 13.6 Å². The van der Waals surface area contributed by atoms with Crippen LogP contribution in [0.1, 0.15) is 38.9 Å². The monoisotopic (exact) mass is 359 g/mol. The molecule has 0 spiro atoms. The summed E-state index contributed by atoms with van der Waals surface area (Å²) in [5, 5.41) is 1.02. The second kappa shape index (κ2) is 7.71. The average molecular weight is 359 g/mol. The molecule has 1 aromatic carbocycles. The van der Waals surface area contributed by atoms with Crippen molar-refractivity contribution >= 4 is 14.2 Å². The van der Waals surface area contributed by atoms with E-state index in [4.69, 9.17) is 9.26 Å². The minimum Gasteiger partial charge on any atom is -0.409 e. The number of benzene rings is 1. The highest BCUT2D eigenvalue weighted by Crippen LogP contribution is 2.40. The zero-order valence-electron chi connectivity index (χ0n) is 15.4. The zero-order valence-corrected chi connectivity index (χ0v) is 16.4. The highest BCUT2D eigenvalue weighted by atomic mass is 28.4. The Kier molecular flexibility index (Phi) is 6.66. The van der Waals surface area contributed by atoms with Crippen LogP contribution in [0.15, 0.2) is 18.2 Å². The van der Waals surface area contributed by atoms with Crippen molar-refractivity contribution in [2.75, 3.05) is 14.2 Å². The molecule has 0 fully saturated rings. The fourth-order valence-electron chi connectivity index (χ4n) is 1.86. The van der Waals surface area contributed by atoms with Gasteiger partial charge >= 0.3 is 0 Å². The lowest BCUT2D eigenvalue weighted by Crippen LogP contribution is -2.42. The number of nitrogens with zero attached hydrogens (tertiary/aromatic N) is 1. The first kappa shape index (κ1) is 20.7. The molecular formula is C17H27F2NO3Si. The van der Waals surface area contributed by atoms with E-state index in [0.717, 1.165) is 17.2 Å². The fourth-order valence-corrected chi connectivity index (χ4v) is 3.15. The maximum Gasteiger partial charge on any atom is 0.248 e. The zero-order chi connectivity index (χ0) is 18.7. The summed E-state index contributed by atoms with van der Waals surface area (Å²) in [7, 11) is 0.664. The number of halogens is 2. The van der Waals surface area contributed by atoms with Gasteiger partial charge in [0.05, 0.1) is 19.6 Å². The summed E-state index contributed by atoms with van der Waals surface area (Å²) in [5.74, 6) is -2.18. The summed E-state index contributed by atoms with van der Waals surface area (Å²) < 4.78 is 33.2. The molecule has 0 heterocycles. The molecule has 0 radical (unpaired) electrons. The molecule has 0 bridgehead atoms. The summed E-state index contributed by atoms with van der Waals surface area (Å²) >= 11 is 0. The van der Waals surface area contributed by atoms with Crippen LogP contribution in [-0.2, 0) is 14.1 Å². The van der Waals surface area contributed by atoms with Crippen molar-refractivity contribution in [2.45, 2.75) is 51.4 Å². The molecule has 0 aliphatic carbocycles. The van der Waals surface area contributed by atoms with Crippen LogP contribution in [0.4, 0.5) is 8.78 Å². The lowest BCUT2D eigenvalue weighted by atomic mass is 10.1. The first-order valence-corrected chi connectivity index (χ1v) is 10.7. The van der Waals surface area contributed by atoms with Gasteiger partial charge in [0.1, 0.15) is 0 Å². The van der Waals surface area contributed by atoms with Gasteiger partial charge in [-0.3, -0.25) is 9.63 Å². The van der Waals surface area contributed by atoms with Gasteiger partial charge in [0.2, 0.25) is 5.91 Å². The summed E-state index contributed by atoms with van der Waals surface area (Å²) in [6, 6.07) is 3.60. The SMILES string of the molecule is CON(C)C(=O)C[C@@H](O[Si](C)(C)C(C)(C)C)c1ccc(F)c(F)c1. The van der Waals surface area contributed by atoms with Crippen molar-refractivity contribution in [1.29, 1.82) is 0 Å². The standard InChI is InChI=1S/C17H27F2NO3Si/c1-17(2,3)24(6,7)23-15(11-16(21)20(4)22-5)12-8-9-13(18)14(19)10-12/h8-10,15H,11H2,1-7H3/t15-/m1/s1. The van der Waals surface area contributed by atoms with Gasteiger partial charge in [-0.2, -0.15) is 0 Å². The second-order valence-corrected chi connectivity index (χ2v) is 12.1. The molecule has 0 unspecified atom stereocenters. The Morgan fingerprint density at radius 3 is 2.29 bits per heavy atom. The molecule has 1 amide bonds. The molecule has 1 atom stereocenters. The van der Waals surface area contributed by atoms with E-state index < -0.39 is 26.1 Å². The molecule has 0 saturated carbocycles. The predicted molar refractivity (Wildman–Crippen MR) is 91.8 cm³/mol. The Hall–Kier alpha value is -1.31. The number of hydrogen-bond donors (Lipinski definition) is 0. The molecule has 4 nitrogen and oxygen atoms in total. The normalized spacial score (nSPS) is 13.7. The van der Waals surface area contributed by atoms with E-state index >= 15 is 0 Å². The predicted octanol–water partition coefficient (Wildman–Crippen LogP) is 4.44.